The molecule has 6 heteroatoms. The number of phenols is 1. The van der Waals surface area contributed by atoms with Crippen LogP contribution in [-0.2, 0) is 6.54 Å². The number of halogens is 3. The monoisotopic (exact) mass is 329 g/mol. The Balaban J connectivity index is 2.22. The van der Waals surface area contributed by atoms with Gasteiger partial charge in [0.25, 0.3) is 5.91 Å². The molecular formula is C14H10Cl3NO2. The maximum absolute atomic E-state index is 12.1. The van der Waals surface area contributed by atoms with Gasteiger partial charge in [-0.2, -0.15) is 0 Å². The van der Waals surface area contributed by atoms with Crippen molar-refractivity contribution in [3.05, 3.63) is 62.6 Å². The van der Waals surface area contributed by atoms with Crippen molar-refractivity contribution < 1.29 is 9.90 Å². The van der Waals surface area contributed by atoms with Gasteiger partial charge in [0.05, 0.1) is 15.1 Å². The van der Waals surface area contributed by atoms with Crippen molar-refractivity contribution in [2.45, 2.75) is 6.54 Å². The van der Waals surface area contributed by atoms with Gasteiger partial charge < -0.3 is 10.4 Å². The Kier molecular flexibility index (Phi) is 4.76. The van der Waals surface area contributed by atoms with Crippen molar-refractivity contribution in [2.24, 2.45) is 0 Å². The summed E-state index contributed by atoms with van der Waals surface area (Å²) >= 11 is 17.6. The van der Waals surface area contributed by atoms with Crippen molar-refractivity contribution in [1.29, 1.82) is 0 Å². The van der Waals surface area contributed by atoms with Gasteiger partial charge in [0.2, 0.25) is 0 Å². The van der Waals surface area contributed by atoms with Gasteiger partial charge in [-0.05, 0) is 11.6 Å². The van der Waals surface area contributed by atoms with Gasteiger partial charge in [-0.25, -0.2) is 0 Å². The quantitative estimate of drug-likeness (QED) is 0.825. The number of phenolic OH excluding ortho intramolecular Hbond substituents is 1. The highest BCUT2D eigenvalue weighted by molar-refractivity contribution is 6.45. The molecule has 0 unspecified atom stereocenters. The summed E-state index contributed by atoms with van der Waals surface area (Å²) in [6, 6.07) is 10.6. The average molecular weight is 331 g/mol. The van der Waals surface area contributed by atoms with Crippen molar-refractivity contribution in [2.75, 3.05) is 0 Å². The Morgan fingerprint density at radius 1 is 1.10 bits per heavy atom. The van der Waals surface area contributed by atoms with Crippen LogP contribution in [-0.4, -0.2) is 11.0 Å². The normalized spacial score (nSPS) is 10.3. The van der Waals surface area contributed by atoms with E-state index in [-0.39, 0.29) is 26.4 Å². The van der Waals surface area contributed by atoms with E-state index in [1.54, 1.807) is 0 Å². The fourth-order valence-corrected chi connectivity index (χ4v) is 2.35. The Hall–Kier alpha value is -1.42. The zero-order valence-electron chi connectivity index (χ0n) is 10.2. The summed E-state index contributed by atoms with van der Waals surface area (Å²) in [5, 5.41) is 12.5. The summed E-state index contributed by atoms with van der Waals surface area (Å²) in [6.45, 7) is 0.305. The molecule has 0 aliphatic heterocycles. The highest BCUT2D eigenvalue weighted by Gasteiger charge is 2.20. The van der Waals surface area contributed by atoms with Crippen LogP contribution in [0, 0.1) is 0 Å². The topological polar surface area (TPSA) is 49.3 Å². The minimum Gasteiger partial charge on any atom is -0.505 e. The highest BCUT2D eigenvalue weighted by Crippen LogP contribution is 2.38. The van der Waals surface area contributed by atoms with E-state index < -0.39 is 5.91 Å². The molecule has 0 saturated heterocycles. The smallest absolute Gasteiger partial charge is 0.256 e. The largest absolute Gasteiger partial charge is 0.505 e. The Labute approximate surface area is 131 Å². The Bertz CT molecular complexity index is 618. The number of rotatable bonds is 3. The number of nitrogens with one attached hydrogen (secondary N) is 1. The zero-order valence-corrected chi connectivity index (χ0v) is 12.4. The summed E-state index contributed by atoms with van der Waals surface area (Å²) in [7, 11) is 0. The second-order valence-electron chi connectivity index (χ2n) is 4.05. The molecule has 0 bridgehead atoms. The van der Waals surface area contributed by atoms with Crippen molar-refractivity contribution in [3.8, 4) is 5.75 Å². The molecule has 2 aromatic carbocycles. The molecule has 20 heavy (non-hydrogen) atoms. The molecule has 104 valence electrons. The number of aromatic hydroxyl groups is 1. The van der Waals surface area contributed by atoms with E-state index >= 15 is 0 Å². The molecule has 0 heterocycles. The fraction of sp³-hybridized carbons (Fsp3) is 0.0714. The predicted octanol–water partition coefficient (Wildman–Crippen LogP) is 4.28. The van der Waals surface area contributed by atoms with E-state index in [4.69, 9.17) is 34.8 Å². The van der Waals surface area contributed by atoms with Crippen LogP contribution in [0.2, 0.25) is 15.1 Å². The van der Waals surface area contributed by atoms with Gasteiger partial charge >= 0.3 is 0 Å². The number of hydrogen-bond donors (Lipinski definition) is 2. The number of hydrogen-bond acceptors (Lipinski definition) is 2. The first-order chi connectivity index (χ1) is 9.50. The lowest BCUT2D eigenvalue weighted by atomic mass is 10.1. The SMILES string of the molecule is O=C(NCc1ccccc1)c1c(O)c(Cl)cc(Cl)c1Cl. The van der Waals surface area contributed by atoms with Crippen molar-refractivity contribution in [1.82, 2.24) is 5.32 Å². The third-order valence-corrected chi connectivity index (χ3v) is 3.74. The van der Waals surface area contributed by atoms with Gasteiger partial charge in [-0.1, -0.05) is 65.1 Å². The zero-order chi connectivity index (χ0) is 14.7. The van der Waals surface area contributed by atoms with Gasteiger partial charge in [-0.3, -0.25) is 4.79 Å². The van der Waals surface area contributed by atoms with Crippen molar-refractivity contribution >= 4 is 40.7 Å². The minimum absolute atomic E-state index is 0.0238. The third kappa shape index (κ3) is 3.18. The van der Waals surface area contributed by atoms with Crippen LogP contribution in [0.4, 0.5) is 0 Å². The first kappa shape index (κ1) is 15.0. The Morgan fingerprint density at radius 2 is 1.75 bits per heavy atom. The second-order valence-corrected chi connectivity index (χ2v) is 5.24. The Morgan fingerprint density at radius 3 is 2.40 bits per heavy atom. The number of carbonyl (C=O) groups is 1. The first-order valence-electron chi connectivity index (χ1n) is 5.69. The molecule has 3 nitrogen and oxygen atoms in total. The molecule has 2 N–H and O–H groups in total. The summed E-state index contributed by atoms with van der Waals surface area (Å²) < 4.78 is 0. The lowest BCUT2D eigenvalue weighted by Crippen LogP contribution is -2.23. The number of carbonyl (C=O) groups excluding carboxylic acids is 1. The van der Waals surface area contributed by atoms with Crippen LogP contribution < -0.4 is 5.32 Å². The summed E-state index contributed by atoms with van der Waals surface area (Å²) in [5.74, 6) is -0.924. The average Bonchev–Trinajstić information content (AvgIpc) is 2.44. The fourth-order valence-electron chi connectivity index (χ4n) is 1.66. The minimum atomic E-state index is -0.541. The molecule has 0 saturated carbocycles. The molecule has 0 aromatic heterocycles. The molecular weight excluding hydrogens is 321 g/mol. The molecule has 0 atom stereocenters. The number of benzene rings is 2. The maximum atomic E-state index is 12.1. The van der Waals surface area contributed by atoms with Crippen LogP contribution >= 0.6 is 34.8 Å². The second kappa shape index (κ2) is 6.35. The highest BCUT2D eigenvalue weighted by atomic mass is 35.5. The van der Waals surface area contributed by atoms with Crippen LogP contribution in [0.5, 0.6) is 5.75 Å². The van der Waals surface area contributed by atoms with E-state index in [9.17, 15) is 9.90 Å². The van der Waals surface area contributed by atoms with Gasteiger partial charge in [0, 0.05) is 6.54 Å². The van der Waals surface area contributed by atoms with E-state index in [0.29, 0.717) is 6.54 Å². The predicted molar refractivity (Wildman–Crippen MR) is 80.7 cm³/mol. The summed E-state index contributed by atoms with van der Waals surface area (Å²) in [4.78, 5) is 12.1. The molecule has 2 rings (SSSR count). The number of amides is 1. The lowest BCUT2D eigenvalue weighted by molar-refractivity contribution is 0.0948. The molecule has 1 amide bonds. The molecule has 0 spiro atoms. The molecule has 0 radical (unpaired) electrons. The van der Waals surface area contributed by atoms with E-state index in [0.717, 1.165) is 5.56 Å². The molecule has 0 aliphatic carbocycles. The van der Waals surface area contributed by atoms with Gasteiger partial charge in [0.1, 0.15) is 11.3 Å². The standard InChI is InChI=1S/C14H10Cl3NO2/c15-9-6-10(16)13(19)11(12(9)17)14(20)18-7-8-4-2-1-3-5-8/h1-6,19H,7H2,(H,18,20). The lowest BCUT2D eigenvalue weighted by Gasteiger charge is -2.11. The van der Waals surface area contributed by atoms with Gasteiger partial charge in [-0.15, -0.1) is 0 Å². The molecule has 0 aliphatic rings. The maximum Gasteiger partial charge on any atom is 0.256 e. The molecule has 2 aromatic rings. The van der Waals surface area contributed by atoms with Gasteiger partial charge in [0.15, 0.2) is 0 Å². The van der Waals surface area contributed by atoms with E-state index in [1.807, 2.05) is 30.3 Å². The van der Waals surface area contributed by atoms with Crippen LogP contribution in [0.3, 0.4) is 0 Å². The van der Waals surface area contributed by atoms with E-state index in [1.165, 1.54) is 6.07 Å². The molecule has 0 fully saturated rings. The van der Waals surface area contributed by atoms with Crippen molar-refractivity contribution in [3.63, 3.8) is 0 Å². The van der Waals surface area contributed by atoms with Crippen LogP contribution in [0.15, 0.2) is 36.4 Å². The summed E-state index contributed by atoms with van der Waals surface area (Å²) in [5.41, 5.74) is 0.796. The van der Waals surface area contributed by atoms with Crippen LogP contribution in [0.25, 0.3) is 0 Å². The third-order valence-electron chi connectivity index (χ3n) is 2.67. The first-order valence-corrected chi connectivity index (χ1v) is 6.82. The van der Waals surface area contributed by atoms with E-state index in [2.05, 4.69) is 5.32 Å². The summed E-state index contributed by atoms with van der Waals surface area (Å²) in [6.07, 6.45) is 0. The van der Waals surface area contributed by atoms with Crippen LogP contribution in [0.1, 0.15) is 15.9 Å².